The molecule has 110 valence electrons. The van der Waals surface area contributed by atoms with Gasteiger partial charge in [0.05, 0.1) is 0 Å². The standard InChI is InChI=1S/C13H24N2O3S/c1-4-9(3)11(12(16)17)14-13(18)15-6-7-19-10(5-2)8-15/h9-11H,4-8H2,1-3H3,(H,14,18)(H,16,17)/t9?,10?,11-/m0/s1. The minimum Gasteiger partial charge on any atom is -0.480 e. The lowest BCUT2D eigenvalue weighted by atomic mass is 9.99. The number of carbonyl (C=O) groups is 2. The maximum atomic E-state index is 12.1. The van der Waals surface area contributed by atoms with Crippen LogP contribution in [0.15, 0.2) is 0 Å². The minimum absolute atomic E-state index is 0.0670. The van der Waals surface area contributed by atoms with Gasteiger partial charge >= 0.3 is 12.0 Å². The lowest BCUT2D eigenvalue weighted by Crippen LogP contribution is -2.53. The first-order chi connectivity index (χ1) is 8.99. The van der Waals surface area contributed by atoms with Crippen molar-refractivity contribution < 1.29 is 14.7 Å². The molecule has 3 atom stereocenters. The normalized spacial score (nSPS) is 22.7. The van der Waals surface area contributed by atoms with Crippen molar-refractivity contribution in [3.05, 3.63) is 0 Å². The molecule has 0 radical (unpaired) electrons. The van der Waals surface area contributed by atoms with E-state index in [-0.39, 0.29) is 11.9 Å². The molecule has 1 fully saturated rings. The van der Waals surface area contributed by atoms with Gasteiger partial charge in [-0.25, -0.2) is 9.59 Å². The van der Waals surface area contributed by atoms with Gasteiger partial charge in [0.25, 0.3) is 0 Å². The van der Waals surface area contributed by atoms with Crippen LogP contribution in [0, 0.1) is 5.92 Å². The largest absolute Gasteiger partial charge is 0.480 e. The van der Waals surface area contributed by atoms with Crippen LogP contribution in [0.5, 0.6) is 0 Å². The number of thioether (sulfide) groups is 1. The van der Waals surface area contributed by atoms with Gasteiger partial charge in [0.15, 0.2) is 0 Å². The molecule has 0 saturated carbocycles. The van der Waals surface area contributed by atoms with Crippen LogP contribution in [-0.2, 0) is 4.79 Å². The van der Waals surface area contributed by atoms with Gasteiger partial charge in [0.2, 0.25) is 0 Å². The molecule has 5 nitrogen and oxygen atoms in total. The molecule has 2 N–H and O–H groups in total. The van der Waals surface area contributed by atoms with Crippen molar-refractivity contribution in [1.29, 1.82) is 0 Å². The second kappa shape index (κ2) is 7.62. The van der Waals surface area contributed by atoms with Crippen molar-refractivity contribution in [2.45, 2.75) is 44.9 Å². The number of rotatable bonds is 5. The van der Waals surface area contributed by atoms with Gasteiger partial charge in [-0.05, 0) is 12.3 Å². The molecule has 1 saturated heterocycles. The minimum atomic E-state index is -0.957. The predicted molar refractivity (Wildman–Crippen MR) is 77.5 cm³/mol. The highest BCUT2D eigenvalue weighted by molar-refractivity contribution is 8.00. The van der Waals surface area contributed by atoms with Gasteiger partial charge in [-0.2, -0.15) is 11.8 Å². The molecular formula is C13H24N2O3S. The summed E-state index contributed by atoms with van der Waals surface area (Å²) in [5.41, 5.74) is 0. The Kier molecular flexibility index (Phi) is 6.48. The van der Waals surface area contributed by atoms with E-state index in [1.54, 1.807) is 4.90 Å². The first-order valence-electron chi connectivity index (χ1n) is 6.89. The number of urea groups is 1. The molecule has 1 aliphatic rings. The third-order valence-electron chi connectivity index (χ3n) is 3.64. The van der Waals surface area contributed by atoms with Crippen molar-refractivity contribution in [2.24, 2.45) is 5.92 Å². The van der Waals surface area contributed by atoms with Crippen LogP contribution in [0.2, 0.25) is 0 Å². The van der Waals surface area contributed by atoms with Crippen LogP contribution in [-0.4, -0.2) is 52.1 Å². The molecular weight excluding hydrogens is 264 g/mol. The van der Waals surface area contributed by atoms with E-state index in [1.807, 2.05) is 25.6 Å². The Hall–Kier alpha value is -0.910. The van der Waals surface area contributed by atoms with E-state index in [0.717, 1.165) is 18.6 Å². The summed E-state index contributed by atoms with van der Waals surface area (Å²) in [4.78, 5) is 25.1. The topological polar surface area (TPSA) is 69.6 Å². The Labute approximate surface area is 119 Å². The number of nitrogens with one attached hydrogen (secondary N) is 1. The third-order valence-corrected chi connectivity index (χ3v) is 5.01. The van der Waals surface area contributed by atoms with E-state index in [2.05, 4.69) is 12.2 Å². The molecule has 0 aromatic carbocycles. The number of amides is 2. The lowest BCUT2D eigenvalue weighted by Gasteiger charge is -2.33. The number of nitrogens with zero attached hydrogens (tertiary/aromatic N) is 1. The third kappa shape index (κ3) is 4.60. The molecule has 2 amide bonds. The highest BCUT2D eigenvalue weighted by Crippen LogP contribution is 2.21. The van der Waals surface area contributed by atoms with E-state index in [4.69, 9.17) is 0 Å². The summed E-state index contributed by atoms with van der Waals surface area (Å²) in [6, 6.07) is -1.04. The van der Waals surface area contributed by atoms with Gasteiger partial charge in [-0.1, -0.05) is 27.2 Å². The first kappa shape index (κ1) is 16.1. The SMILES string of the molecule is CCC1CN(C(=O)N[C@H](C(=O)O)C(C)CC)CCS1. The monoisotopic (exact) mass is 288 g/mol. The quantitative estimate of drug-likeness (QED) is 0.812. The zero-order valence-electron chi connectivity index (χ0n) is 11.9. The van der Waals surface area contributed by atoms with E-state index < -0.39 is 12.0 Å². The highest BCUT2D eigenvalue weighted by Gasteiger charge is 2.29. The molecule has 2 unspecified atom stereocenters. The lowest BCUT2D eigenvalue weighted by molar-refractivity contribution is -0.140. The van der Waals surface area contributed by atoms with Crippen molar-refractivity contribution in [3.63, 3.8) is 0 Å². The second-order valence-corrected chi connectivity index (χ2v) is 6.41. The number of hydrogen-bond donors (Lipinski definition) is 2. The zero-order chi connectivity index (χ0) is 14.4. The zero-order valence-corrected chi connectivity index (χ0v) is 12.7. The van der Waals surface area contributed by atoms with Gasteiger partial charge < -0.3 is 15.3 Å². The van der Waals surface area contributed by atoms with Gasteiger partial charge in [0.1, 0.15) is 6.04 Å². The van der Waals surface area contributed by atoms with E-state index in [1.165, 1.54) is 0 Å². The molecule has 0 aliphatic carbocycles. The van der Waals surface area contributed by atoms with E-state index in [9.17, 15) is 14.7 Å². The first-order valence-corrected chi connectivity index (χ1v) is 7.94. The predicted octanol–water partition coefficient (Wildman–Crippen LogP) is 2.02. The number of carbonyl (C=O) groups excluding carboxylic acids is 1. The molecule has 1 rings (SSSR count). The molecule has 0 spiro atoms. The van der Waals surface area contributed by atoms with Crippen LogP contribution < -0.4 is 5.32 Å². The fourth-order valence-electron chi connectivity index (χ4n) is 2.06. The molecule has 19 heavy (non-hydrogen) atoms. The summed E-state index contributed by atoms with van der Waals surface area (Å²) in [6.45, 7) is 7.29. The molecule has 6 heteroatoms. The Balaban J connectivity index is 2.58. The fraction of sp³-hybridized carbons (Fsp3) is 0.846. The van der Waals surface area contributed by atoms with Crippen molar-refractivity contribution in [3.8, 4) is 0 Å². The average molecular weight is 288 g/mol. The van der Waals surface area contributed by atoms with Crippen molar-refractivity contribution in [2.75, 3.05) is 18.8 Å². The smallest absolute Gasteiger partial charge is 0.326 e. The van der Waals surface area contributed by atoms with E-state index >= 15 is 0 Å². The molecule has 1 aliphatic heterocycles. The Morgan fingerprint density at radius 3 is 2.68 bits per heavy atom. The molecule has 0 aromatic heterocycles. The number of carboxylic acid groups (broad SMARTS) is 1. The number of carboxylic acids is 1. The summed E-state index contributed by atoms with van der Waals surface area (Å²) in [5, 5.41) is 12.3. The Morgan fingerprint density at radius 1 is 1.47 bits per heavy atom. The van der Waals surface area contributed by atoms with Gasteiger partial charge in [-0.15, -0.1) is 0 Å². The summed E-state index contributed by atoms with van der Waals surface area (Å²) < 4.78 is 0. The van der Waals surface area contributed by atoms with Crippen molar-refractivity contribution in [1.82, 2.24) is 10.2 Å². The fourth-order valence-corrected chi connectivity index (χ4v) is 3.24. The maximum absolute atomic E-state index is 12.1. The van der Waals surface area contributed by atoms with Crippen LogP contribution in [0.3, 0.4) is 0 Å². The van der Waals surface area contributed by atoms with Crippen LogP contribution >= 0.6 is 11.8 Å². The maximum Gasteiger partial charge on any atom is 0.326 e. The van der Waals surface area contributed by atoms with E-state index in [0.29, 0.717) is 18.3 Å². The Morgan fingerprint density at radius 2 is 2.16 bits per heavy atom. The second-order valence-electron chi connectivity index (χ2n) is 5.00. The summed E-state index contributed by atoms with van der Waals surface area (Å²) >= 11 is 1.88. The molecule has 0 aromatic rings. The van der Waals surface area contributed by atoms with Gasteiger partial charge in [-0.3, -0.25) is 0 Å². The molecule has 1 heterocycles. The van der Waals surface area contributed by atoms with Crippen LogP contribution in [0.4, 0.5) is 4.79 Å². The molecule has 0 bridgehead atoms. The van der Waals surface area contributed by atoms with Crippen LogP contribution in [0.25, 0.3) is 0 Å². The summed E-state index contributed by atoms with van der Waals surface area (Å²) in [7, 11) is 0. The Bertz CT molecular complexity index is 325. The highest BCUT2D eigenvalue weighted by atomic mass is 32.2. The van der Waals surface area contributed by atoms with Crippen LogP contribution in [0.1, 0.15) is 33.6 Å². The average Bonchev–Trinajstić information content (AvgIpc) is 2.43. The summed E-state index contributed by atoms with van der Waals surface area (Å²) in [5.74, 6) is -0.101. The number of hydrogen-bond acceptors (Lipinski definition) is 3. The number of aliphatic carboxylic acids is 1. The summed E-state index contributed by atoms with van der Waals surface area (Å²) in [6.07, 6.45) is 1.76. The van der Waals surface area contributed by atoms with Gasteiger partial charge in [0, 0.05) is 24.1 Å². The van der Waals surface area contributed by atoms with Crippen molar-refractivity contribution >= 4 is 23.8 Å².